The van der Waals surface area contributed by atoms with Gasteiger partial charge in [-0.3, -0.25) is 4.79 Å². The SMILES string of the molecule is CCC(CC)(CO)NC(=O)c1ccc(OC)c(OC)c1. The van der Waals surface area contributed by atoms with Crippen molar-refractivity contribution in [3.63, 3.8) is 0 Å². The van der Waals surface area contributed by atoms with Gasteiger partial charge in [-0.2, -0.15) is 0 Å². The molecule has 0 saturated carbocycles. The molecule has 0 atom stereocenters. The number of amides is 1. The van der Waals surface area contributed by atoms with Gasteiger partial charge in [-0.15, -0.1) is 0 Å². The minimum atomic E-state index is -0.579. The summed E-state index contributed by atoms with van der Waals surface area (Å²) in [6.07, 6.45) is 1.33. The van der Waals surface area contributed by atoms with E-state index in [1.165, 1.54) is 7.11 Å². The van der Waals surface area contributed by atoms with Crippen molar-refractivity contribution >= 4 is 5.91 Å². The van der Waals surface area contributed by atoms with E-state index in [1.54, 1.807) is 25.3 Å². The number of methoxy groups -OCH3 is 2. The summed E-state index contributed by atoms with van der Waals surface area (Å²) in [7, 11) is 3.07. The Kier molecular flexibility index (Phi) is 5.82. The summed E-state index contributed by atoms with van der Waals surface area (Å²) in [6.45, 7) is 3.79. The average Bonchev–Trinajstić information content (AvgIpc) is 2.51. The monoisotopic (exact) mass is 281 g/mol. The molecule has 2 N–H and O–H groups in total. The Morgan fingerprint density at radius 3 is 2.25 bits per heavy atom. The number of hydrogen-bond donors (Lipinski definition) is 2. The highest BCUT2D eigenvalue weighted by Crippen LogP contribution is 2.28. The second-order valence-electron chi connectivity index (χ2n) is 4.67. The molecule has 0 saturated heterocycles. The summed E-state index contributed by atoms with van der Waals surface area (Å²) in [4.78, 5) is 12.3. The quantitative estimate of drug-likeness (QED) is 0.802. The number of rotatable bonds is 7. The second kappa shape index (κ2) is 7.14. The lowest BCUT2D eigenvalue weighted by atomic mass is 9.93. The van der Waals surface area contributed by atoms with Gasteiger partial charge in [0.25, 0.3) is 5.91 Å². The van der Waals surface area contributed by atoms with Crippen LogP contribution in [0.4, 0.5) is 0 Å². The Morgan fingerprint density at radius 2 is 1.80 bits per heavy atom. The number of hydrogen-bond acceptors (Lipinski definition) is 4. The molecule has 1 amide bonds. The maximum Gasteiger partial charge on any atom is 0.251 e. The number of carbonyl (C=O) groups is 1. The van der Waals surface area contributed by atoms with Gasteiger partial charge in [0.2, 0.25) is 0 Å². The summed E-state index contributed by atoms with van der Waals surface area (Å²) in [6, 6.07) is 4.98. The van der Waals surface area contributed by atoms with Gasteiger partial charge in [0.05, 0.1) is 26.4 Å². The molecule has 0 radical (unpaired) electrons. The molecule has 0 aliphatic heterocycles. The first-order valence-corrected chi connectivity index (χ1v) is 6.71. The van der Waals surface area contributed by atoms with E-state index in [4.69, 9.17) is 9.47 Å². The van der Waals surface area contributed by atoms with Gasteiger partial charge in [-0.25, -0.2) is 0 Å². The number of aliphatic hydroxyl groups is 1. The fraction of sp³-hybridized carbons (Fsp3) is 0.533. The van der Waals surface area contributed by atoms with Crippen molar-refractivity contribution in [1.82, 2.24) is 5.32 Å². The molecule has 1 aromatic rings. The Hall–Kier alpha value is -1.75. The van der Waals surface area contributed by atoms with Crippen molar-refractivity contribution in [1.29, 1.82) is 0 Å². The number of ether oxygens (including phenoxy) is 2. The molecule has 112 valence electrons. The highest BCUT2D eigenvalue weighted by atomic mass is 16.5. The molecule has 5 heteroatoms. The van der Waals surface area contributed by atoms with E-state index < -0.39 is 5.54 Å². The molecular weight excluding hydrogens is 258 g/mol. The standard InChI is InChI=1S/C15H23NO4/c1-5-15(6-2,10-17)16-14(18)11-7-8-12(19-3)13(9-11)20-4/h7-9,17H,5-6,10H2,1-4H3,(H,16,18). The number of benzene rings is 1. The van der Waals surface area contributed by atoms with Gasteiger partial charge >= 0.3 is 0 Å². The molecule has 1 aromatic carbocycles. The third kappa shape index (κ3) is 3.42. The Balaban J connectivity index is 2.98. The molecular formula is C15H23NO4. The van der Waals surface area contributed by atoms with E-state index in [1.807, 2.05) is 13.8 Å². The van der Waals surface area contributed by atoms with E-state index in [-0.39, 0.29) is 12.5 Å². The summed E-state index contributed by atoms with van der Waals surface area (Å²) >= 11 is 0. The van der Waals surface area contributed by atoms with Crippen molar-refractivity contribution in [2.75, 3.05) is 20.8 Å². The van der Waals surface area contributed by atoms with Gasteiger partial charge in [-0.1, -0.05) is 13.8 Å². The molecule has 0 bridgehead atoms. The first-order chi connectivity index (χ1) is 9.55. The normalized spacial score (nSPS) is 11.1. The lowest BCUT2D eigenvalue weighted by Gasteiger charge is -2.30. The van der Waals surface area contributed by atoms with Gasteiger partial charge in [0, 0.05) is 5.56 Å². The number of carbonyl (C=O) groups excluding carboxylic acids is 1. The lowest BCUT2D eigenvalue weighted by molar-refractivity contribution is 0.0817. The van der Waals surface area contributed by atoms with Crippen LogP contribution in [0.5, 0.6) is 11.5 Å². The van der Waals surface area contributed by atoms with E-state index in [2.05, 4.69) is 5.32 Å². The maximum atomic E-state index is 12.3. The van der Waals surface area contributed by atoms with Crippen LogP contribution in [-0.4, -0.2) is 37.4 Å². The molecule has 0 fully saturated rings. The van der Waals surface area contributed by atoms with Crippen molar-refractivity contribution in [2.24, 2.45) is 0 Å². The second-order valence-corrected chi connectivity index (χ2v) is 4.67. The molecule has 0 aromatic heterocycles. The molecule has 20 heavy (non-hydrogen) atoms. The molecule has 0 aliphatic rings. The van der Waals surface area contributed by atoms with Crippen molar-refractivity contribution in [3.8, 4) is 11.5 Å². The zero-order valence-corrected chi connectivity index (χ0v) is 12.5. The number of aliphatic hydroxyl groups excluding tert-OH is 1. The lowest BCUT2D eigenvalue weighted by Crippen LogP contribution is -2.50. The molecule has 1 rings (SSSR count). The minimum Gasteiger partial charge on any atom is -0.493 e. The van der Waals surface area contributed by atoms with Gasteiger partial charge in [0.15, 0.2) is 11.5 Å². The third-order valence-electron chi connectivity index (χ3n) is 3.68. The predicted octanol–water partition coefficient (Wildman–Crippen LogP) is 1.98. The van der Waals surface area contributed by atoms with E-state index in [0.717, 1.165) is 0 Å². The summed E-state index contributed by atoms with van der Waals surface area (Å²) in [5, 5.41) is 12.4. The first kappa shape index (κ1) is 16.3. The largest absolute Gasteiger partial charge is 0.493 e. The Labute approximate surface area is 119 Å². The van der Waals surface area contributed by atoms with Crippen LogP contribution in [0.2, 0.25) is 0 Å². The Bertz CT molecular complexity index is 447. The first-order valence-electron chi connectivity index (χ1n) is 6.71. The van der Waals surface area contributed by atoms with Crippen molar-refractivity contribution < 1.29 is 19.4 Å². The van der Waals surface area contributed by atoms with Crippen LogP contribution in [0, 0.1) is 0 Å². The van der Waals surface area contributed by atoms with Crippen LogP contribution in [0.1, 0.15) is 37.0 Å². The fourth-order valence-electron chi connectivity index (χ4n) is 1.98. The van der Waals surface area contributed by atoms with Crippen LogP contribution in [0.25, 0.3) is 0 Å². The van der Waals surface area contributed by atoms with Gasteiger partial charge in [0.1, 0.15) is 0 Å². The summed E-state index contributed by atoms with van der Waals surface area (Å²) in [5.41, 5.74) is -0.105. The maximum absolute atomic E-state index is 12.3. The van der Waals surface area contributed by atoms with Crippen LogP contribution in [0.3, 0.4) is 0 Å². The van der Waals surface area contributed by atoms with Crippen LogP contribution in [-0.2, 0) is 0 Å². The summed E-state index contributed by atoms with van der Waals surface area (Å²) < 4.78 is 10.3. The third-order valence-corrected chi connectivity index (χ3v) is 3.68. The van der Waals surface area contributed by atoms with E-state index >= 15 is 0 Å². The van der Waals surface area contributed by atoms with Crippen molar-refractivity contribution in [3.05, 3.63) is 23.8 Å². The van der Waals surface area contributed by atoms with Crippen LogP contribution in [0.15, 0.2) is 18.2 Å². The van der Waals surface area contributed by atoms with Gasteiger partial charge in [-0.05, 0) is 31.0 Å². The molecule has 0 heterocycles. The number of nitrogens with one attached hydrogen (secondary N) is 1. The van der Waals surface area contributed by atoms with Crippen LogP contribution >= 0.6 is 0 Å². The molecule has 5 nitrogen and oxygen atoms in total. The predicted molar refractivity (Wildman–Crippen MR) is 77.4 cm³/mol. The molecule has 0 unspecified atom stereocenters. The minimum absolute atomic E-state index is 0.0843. The van der Waals surface area contributed by atoms with Crippen molar-refractivity contribution in [2.45, 2.75) is 32.2 Å². The average molecular weight is 281 g/mol. The zero-order chi connectivity index (χ0) is 15.2. The molecule has 0 aliphatic carbocycles. The van der Waals surface area contributed by atoms with E-state index in [9.17, 15) is 9.90 Å². The molecule has 0 spiro atoms. The summed E-state index contributed by atoms with van der Waals surface area (Å²) in [5.74, 6) is 0.843. The Morgan fingerprint density at radius 1 is 1.20 bits per heavy atom. The smallest absolute Gasteiger partial charge is 0.251 e. The zero-order valence-electron chi connectivity index (χ0n) is 12.5. The van der Waals surface area contributed by atoms with Gasteiger partial charge < -0.3 is 19.9 Å². The van der Waals surface area contributed by atoms with E-state index in [0.29, 0.717) is 29.9 Å². The fourth-order valence-corrected chi connectivity index (χ4v) is 1.98. The highest BCUT2D eigenvalue weighted by molar-refractivity contribution is 5.95. The topological polar surface area (TPSA) is 67.8 Å². The van der Waals surface area contributed by atoms with Crippen LogP contribution < -0.4 is 14.8 Å². The highest BCUT2D eigenvalue weighted by Gasteiger charge is 2.27.